The Balaban J connectivity index is 1.45. The highest BCUT2D eigenvalue weighted by atomic mass is 19.4. The topological polar surface area (TPSA) is 114 Å². The molecule has 0 saturated heterocycles. The van der Waals surface area contributed by atoms with Crippen LogP contribution in [0.5, 0.6) is 0 Å². The first-order valence-electron chi connectivity index (χ1n) is 15.5. The van der Waals surface area contributed by atoms with Crippen molar-refractivity contribution >= 4 is 17.1 Å². The first kappa shape index (κ1) is 35.3. The first-order valence-corrected chi connectivity index (χ1v) is 15.5. The predicted molar refractivity (Wildman–Crippen MR) is 166 cm³/mol. The van der Waals surface area contributed by atoms with Crippen LogP contribution in [0.25, 0.3) is 11.2 Å². The lowest BCUT2D eigenvalue weighted by Gasteiger charge is -2.44. The predicted octanol–water partition coefficient (Wildman–Crippen LogP) is 6.19. The van der Waals surface area contributed by atoms with E-state index >= 15 is 0 Å². The van der Waals surface area contributed by atoms with E-state index in [-0.39, 0.29) is 41.3 Å². The second-order valence-electron chi connectivity index (χ2n) is 12.8. The van der Waals surface area contributed by atoms with Crippen LogP contribution in [0, 0.1) is 0 Å². The van der Waals surface area contributed by atoms with Gasteiger partial charge in [0.2, 0.25) is 0 Å². The molecule has 1 saturated carbocycles. The summed E-state index contributed by atoms with van der Waals surface area (Å²) in [5.41, 5.74) is -3.89. The highest BCUT2D eigenvalue weighted by Gasteiger charge is 2.58. The zero-order valence-corrected chi connectivity index (χ0v) is 26.5. The Kier molecular flexibility index (Phi) is 9.65. The summed E-state index contributed by atoms with van der Waals surface area (Å²) in [4.78, 5) is 26.1. The Morgan fingerprint density at radius 1 is 0.979 bits per heavy atom. The summed E-state index contributed by atoms with van der Waals surface area (Å²) in [7, 11) is 0. The van der Waals surface area contributed by atoms with E-state index in [0.717, 1.165) is 31.6 Å². The molecule has 48 heavy (non-hydrogen) atoms. The molecule has 0 spiro atoms. The Hall–Kier alpha value is -4.01. The number of rotatable bonds is 12. The van der Waals surface area contributed by atoms with Crippen molar-refractivity contribution in [2.45, 2.75) is 94.7 Å². The van der Waals surface area contributed by atoms with E-state index in [1.165, 1.54) is 30.5 Å². The molecule has 14 heteroatoms. The highest BCUT2D eigenvalue weighted by Crippen LogP contribution is 2.41. The van der Waals surface area contributed by atoms with Crippen molar-refractivity contribution < 1.29 is 41.4 Å². The molecular weight excluding hydrogens is 640 g/mol. The van der Waals surface area contributed by atoms with Crippen LogP contribution in [0.15, 0.2) is 67.0 Å². The van der Waals surface area contributed by atoms with E-state index in [1.807, 2.05) is 0 Å². The smallest absolute Gasteiger partial charge is 0.391 e. The summed E-state index contributed by atoms with van der Waals surface area (Å²) in [6, 6.07) is 12.4. The van der Waals surface area contributed by atoms with Gasteiger partial charge in [-0.1, -0.05) is 54.6 Å². The van der Waals surface area contributed by atoms with Gasteiger partial charge in [-0.25, -0.2) is 9.97 Å². The number of hydrogen-bond donors (Lipinski definition) is 4. The van der Waals surface area contributed by atoms with E-state index in [4.69, 9.17) is 0 Å². The molecule has 1 fully saturated rings. The van der Waals surface area contributed by atoms with Gasteiger partial charge in [0.15, 0.2) is 11.2 Å². The van der Waals surface area contributed by atoms with E-state index in [2.05, 4.69) is 20.3 Å². The minimum atomic E-state index is -5.15. The number of carbonyl (C=O) groups is 1. The molecule has 258 valence electrons. The molecule has 2 aromatic heterocycles. The maximum atomic E-state index is 14.5. The summed E-state index contributed by atoms with van der Waals surface area (Å²) < 4.78 is 86.1. The lowest BCUT2D eigenvalue weighted by atomic mass is 9.88. The highest BCUT2D eigenvalue weighted by molar-refractivity contribution is 6.04. The van der Waals surface area contributed by atoms with Gasteiger partial charge >= 0.3 is 12.4 Å². The summed E-state index contributed by atoms with van der Waals surface area (Å²) in [5.74, 6) is -0.710. The molecule has 2 aromatic carbocycles. The van der Waals surface area contributed by atoms with Crippen molar-refractivity contribution in [2.24, 2.45) is 0 Å². The number of alkyl halides is 6. The maximum Gasteiger partial charge on any atom is 0.418 e. The van der Waals surface area contributed by atoms with Gasteiger partial charge in [-0.2, -0.15) is 26.3 Å². The molecule has 1 amide bonds. The van der Waals surface area contributed by atoms with Crippen LogP contribution in [-0.4, -0.2) is 71.6 Å². The van der Waals surface area contributed by atoms with Crippen molar-refractivity contribution in [2.75, 3.05) is 0 Å². The van der Waals surface area contributed by atoms with Crippen LogP contribution in [0.2, 0.25) is 0 Å². The lowest BCUT2D eigenvalue weighted by Crippen LogP contribution is -2.62. The molecule has 4 atom stereocenters. The van der Waals surface area contributed by atoms with Gasteiger partial charge in [-0.3, -0.25) is 9.69 Å². The van der Waals surface area contributed by atoms with E-state index in [9.17, 15) is 41.4 Å². The Bertz CT molecular complexity index is 1740. The van der Waals surface area contributed by atoms with Gasteiger partial charge in [0.05, 0.1) is 29.6 Å². The molecule has 0 bridgehead atoms. The quantitative estimate of drug-likeness (QED) is 0.133. The van der Waals surface area contributed by atoms with E-state index < -0.39 is 48.0 Å². The molecule has 0 aliphatic heterocycles. The van der Waals surface area contributed by atoms with Crippen LogP contribution in [0.1, 0.15) is 72.3 Å². The molecule has 2 heterocycles. The number of aliphatic hydroxyl groups excluding tert-OH is 1. The molecule has 4 aromatic rings. The van der Waals surface area contributed by atoms with Crippen molar-refractivity contribution in [3.8, 4) is 0 Å². The number of hydrogen-bond acceptors (Lipinski definition) is 6. The van der Waals surface area contributed by atoms with Crippen LogP contribution in [0.3, 0.4) is 0 Å². The summed E-state index contributed by atoms with van der Waals surface area (Å²) >= 11 is 0. The Morgan fingerprint density at radius 2 is 1.60 bits per heavy atom. The Morgan fingerprint density at radius 3 is 2.21 bits per heavy atom. The van der Waals surface area contributed by atoms with Gasteiger partial charge in [-0.05, 0) is 56.7 Å². The number of halogens is 6. The molecule has 8 nitrogen and oxygen atoms in total. The van der Waals surface area contributed by atoms with Crippen molar-refractivity contribution in [3.63, 3.8) is 0 Å². The van der Waals surface area contributed by atoms with Gasteiger partial charge in [0.25, 0.3) is 5.91 Å². The normalized spacial score (nSPS) is 17.9. The third kappa shape index (κ3) is 7.20. The number of aliphatic hydroxyl groups is 2. The van der Waals surface area contributed by atoms with Gasteiger partial charge in [0.1, 0.15) is 11.1 Å². The third-order valence-electron chi connectivity index (χ3n) is 9.26. The van der Waals surface area contributed by atoms with E-state index in [0.29, 0.717) is 23.7 Å². The SMILES string of the molecule is C[C@H](O)[C@@](C)(N(Cc1ccccc1)Cc1cccc(C[C@H](NC(=O)c2c[nH]c3ncc(C4CC4)nc23)[C@](C)(O)C(F)(F)F)c1)C(F)(F)F. The summed E-state index contributed by atoms with van der Waals surface area (Å²) in [6.07, 6.45) is -7.64. The Labute approximate surface area is 273 Å². The number of carbonyl (C=O) groups excluding carboxylic acids is 1. The summed E-state index contributed by atoms with van der Waals surface area (Å²) in [6.45, 7) is 2.00. The van der Waals surface area contributed by atoms with Crippen molar-refractivity contribution in [1.29, 1.82) is 0 Å². The molecular formula is C34H37F6N5O3. The molecule has 1 aliphatic rings. The fourth-order valence-corrected chi connectivity index (χ4v) is 5.66. The van der Waals surface area contributed by atoms with Crippen LogP contribution >= 0.6 is 0 Å². The minimum Gasteiger partial charge on any atom is -0.391 e. The minimum absolute atomic E-state index is 0.0437. The molecule has 0 unspecified atom stereocenters. The zero-order valence-electron chi connectivity index (χ0n) is 26.5. The number of benzene rings is 2. The number of amides is 1. The van der Waals surface area contributed by atoms with Crippen LogP contribution < -0.4 is 5.32 Å². The number of fused-ring (bicyclic) bond motifs is 1. The standard InChI is InChI=1S/C34H37F6N5O3/c1-20(46)31(2,33(35,36)37)45(18-21-8-5-4-6-9-21)19-23-11-7-10-22(14-23)15-27(32(3,48)34(38,39)40)44-30(47)25-16-41-29-28(25)43-26(17-42-29)24-12-13-24/h4-11,14,16-17,20,24,27,46,48H,12-13,15,18-19H2,1-3H3,(H,41,42)(H,44,47)/t20-,27-,31+,32-/m0/s1. The maximum absolute atomic E-state index is 14.5. The zero-order chi connectivity index (χ0) is 35.1. The van der Waals surface area contributed by atoms with Gasteiger partial charge in [-0.15, -0.1) is 0 Å². The molecule has 0 radical (unpaired) electrons. The fraction of sp³-hybridized carbons (Fsp3) is 0.441. The second kappa shape index (κ2) is 13.1. The number of nitrogens with zero attached hydrogens (tertiary/aromatic N) is 3. The number of aromatic amines is 1. The van der Waals surface area contributed by atoms with Crippen molar-refractivity contribution in [3.05, 3.63) is 94.9 Å². The van der Waals surface area contributed by atoms with Crippen LogP contribution in [-0.2, 0) is 19.5 Å². The molecule has 1 aliphatic carbocycles. The van der Waals surface area contributed by atoms with E-state index in [1.54, 1.807) is 36.5 Å². The first-order chi connectivity index (χ1) is 22.4. The number of nitrogens with one attached hydrogen (secondary N) is 2. The van der Waals surface area contributed by atoms with Crippen LogP contribution in [0.4, 0.5) is 26.3 Å². The lowest BCUT2D eigenvalue weighted by molar-refractivity contribution is -0.261. The monoisotopic (exact) mass is 677 g/mol. The van der Waals surface area contributed by atoms with Gasteiger partial charge in [0, 0.05) is 25.2 Å². The third-order valence-corrected chi connectivity index (χ3v) is 9.26. The molecule has 5 rings (SSSR count). The largest absolute Gasteiger partial charge is 0.418 e. The summed E-state index contributed by atoms with van der Waals surface area (Å²) in [5, 5.41) is 23.5. The number of H-pyrrole nitrogens is 1. The fourth-order valence-electron chi connectivity index (χ4n) is 5.66. The van der Waals surface area contributed by atoms with Crippen molar-refractivity contribution in [1.82, 2.24) is 25.2 Å². The second-order valence-corrected chi connectivity index (χ2v) is 12.8. The average Bonchev–Trinajstić information content (AvgIpc) is 3.78. The molecule has 4 N–H and O–H groups in total. The van der Waals surface area contributed by atoms with Gasteiger partial charge < -0.3 is 20.5 Å². The number of aromatic nitrogens is 3. The average molecular weight is 678 g/mol.